The van der Waals surface area contributed by atoms with Gasteiger partial charge in [0.25, 0.3) is 0 Å². The van der Waals surface area contributed by atoms with Crippen LogP contribution in [0.3, 0.4) is 0 Å². The standard InChI is InChI=1S/C22H28N2O5/c1-3-5-9-28-18-11-16-17(12-19(18)29-10-6-4-2)24-22(23-16)15-8-7-14(13-25)20(26)21(15)27/h7-8,11-13,22-24,26-27H,3-6,9-10H2,1-2H3. The van der Waals surface area contributed by atoms with Crippen LogP contribution in [0.4, 0.5) is 11.4 Å². The van der Waals surface area contributed by atoms with E-state index in [9.17, 15) is 15.0 Å². The summed E-state index contributed by atoms with van der Waals surface area (Å²) in [7, 11) is 0. The van der Waals surface area contributed by atoms with Crippen LogP contribution in [0, 0.1) is 0 Å². The largest absolute Gasteiger partial charge is 0.504 e. The molecule has 4 N–H and O–H groups in total. The predicted molar refractivity (Wildman–Crippen MR) is 112 cm³/mol. The van der Waals surface area contributed by atoms with Crippen molar-refractivity contribution < 1.29 is 24.5 Å². The topological polar surface area (TPSA) is 100 Å². The lowest BCUT2D eigenvalue weighted by atomic mass is 10.1. The van der Waals surface area contributed by atoms with Crippen molar-refractivity contribution in [1.29, 1.82) is 0 Å². The quantitative estimate of drug-likeness (QED) is 0.258. The molecule has 3 rings (SSSR count). The van der Waals surface area contributed by atoms with Crippen molar-refractivity contribution in [1.82, 2.24) is 0 Å². The number of carbonyl (C=O) groups is 1. The van der Waals surface area contributed by atoms with Crippen LogP contribution in [0.25, 0.3) is 0 Å². The Morgan fingerprint density at radius 3 is 1.97 bits per heavy atom. The molecule has 0 aromatic heterocycles. The highest BCUT2D eigenvalue weighted by Gasteiger charge is 2.27. The van der Waals surface area contributed by atoms with Gasteiger partial charge in [0.05, 0.1) is 30.2 Å². The van der Waals surface area contributed by atoms with Crippen molar-refractivity contribution in [2.24, 2.45) is 0 Å². The van der Waals surface area contributed by atoms with Crippen LogP contribution in [-0.4, -0.2) is 29.7 Å². The Bertz CT molecular complexity index is 830. The van der Waals surface area contributed by atoms with E-state index in [1.165, 1.54) is 6.07 Å². The first kappa shape index (κ1) is 20.6. The number of hydrogen-bond acceptors (Lipinski definition) is 7. The lowest BCUT2D eigenvalue weighted by Gasteiger charge is -2.15. The maximum Gasteiger partial charge on any atom is 0.168 e. The van der Waals surface area contributed by atoms with Crippen molar-refractivity contribution in [3.8, 4) is 23.0 Å². The van der Waals surface area contributed by atoms with Gasteiger partial charge in [-0.2, -0.15) is 0 Å². The number of anilines is 2. The van der Waals surface area contributed by atoms with Crippen LogP contribution < -0.4 is 20.1 Å². The van der Waals surface area contributed by atoms with Crippen LogP contribution in [0.1, 0.15) is 61.6 Å². The van der Waals surface area contributed by atoms with Crippen molar-refractivity contribution in [2.75, 3.05) is 23.8 Å². The molecule has 0 amide bonds. The molecule has 29 heavy (non-hydrogen) atoms. The maximum absolute atomic E-state index is 11.0. The van der Waals surface area contributed by atoms with Gasteiger partial charge in [-0.3, -0.25) is 4.79 Å². The normalized spacial score (nSPS) is 12.8. The van der Waals surface area contributed by atoms with Gasteiger partial charge >= 0.3 is 0 Å². The highest BCUT2D eigenvalue weighted by atomic mass is 16.5. The first-order valence-corrected chi connectivity index (χ1v) is 10.1. The van der Waals surface area contributed by atoms with Gasteiger partial charge in [-0.25, -0.2) is 0 Å². The van der Waals surface area contributed by atoms with Crippen LogP contribution in [0.15, 0.2) is 24.3 Å². The number of hydrogen-bond donors (Lipinski definition) is 4. The summed E-state index contributed by atoms with van der Waals surface area (Å²) >= 11 is 0. The molecule has 0 unspecified atom stereocenters. The number of aromatic hydroxyl groups is 2. The van der Waals surface area contributed by atoms with Crippen molar-refractivity contribution >= 4 is 17.7 Å². The van der Waals surface area contributed by atoms with Gasteiger partial charge in [-0.1, -0.05) is 32.8 Å². The highest BCUT2D eigenvalue weighted by molar-refractivity contribution is 5.83. The molecule has 156 valence electrons. The summed E-state index contributed by atoms with van der Waals surface area (Å²) in [6.45, 7) is 5.44. The molecule has 0 aliphatic carbocycles. The summed E-state index contributed by atoms with van der Waals surface area (Å²) < 4.78 is 11.9. The SMILES string of the molecule is CCCCOc1cc2c(cc1OCCCC)NC(c1ccc(C=O)c(O)c1O)N2. The summed E-state index contributed by atoms with van der Waals surface area (Å²) in [6, 6.07) is 6.85. The van der Waals surface area contributed by atoms with Crippen LogP contribution in [0.5, 0.6) is 23.0 Å². The van der Waals surface area contributed by atoms with E-state index >= 15 is 0 Å². The second kappa shape index (κ2) is 9.41. The predicted octanol–water partition coefficient (Wildman–Crippen LogP) is 4.80. The average molecular weight is 400 g/mol. The molecule has 0 saturated heterocycles. The fraction of sp³-hybridized carbons (Fsp3) is 0.409. The molecule has 1 aliphatic heterocycles. The molecule has 0 saturated carbocycles. The molecular weight excluding hydrogens is 372 g/mol. The molecule has 0 bridgehead atoms. The molecule has 2 aromatic carbocycles. The van der Waals surface area contributed by atoms with Gasteiger partial charge < -0.3 is 30.3 Å². The zero-order valence-electron chi connectivity index (χ0n) is 16.8. The van der Waals surface area contributed by atoms with Crippen LogP contribution in [0.2, 0.25) is 0 Å². The van der Waals surface area contributed by atoms with E-state index in [-0.39, 0.29) is 11.3 Å². The third-order valence-corrected chi connectivity index (χ3v) is 4.85. The molecule has 7 heteroatoms. The molecule has 2 aromatic rings. The fourth-order valence-corrected chi connectivity index (χ4v) is 3.12. The molecule has 0 spiro atoms. The number of phenolic OH excluding ortho intramolecular Hbond substituents is 2. The number of unbranched alkanes of at least 4 members (excludes halogenated alkanes) is 2. The van der Waals surface area contributed by atoms with Gasteiger partial charge in [0.2, 0.25) is 0 Å². The zero-order valence-corrected chi connectivity index (χ0v) is 16.8. The molecule has 1 heterocycles. The minimum absolute atomic E-state index is 0.0416. The number of phenols is 2. The van der Waals surface area contributed by atoms with E-state index < -0.39 is 11.9 Å². The smallest absolute Gasteiger partial charge is 0.168 e. The second-order valence-electron chi connectivity index (χ2n) is 7.03. The minimum atomic E-state index is -0.467. The van der Waals surface area contributed by atoms with Gasteiger partial charge in [0, 0.05) is 17.7 Å². The third-order valence-electron chi connectivity index (χ3n) is 4.85. The van der Waals surface area contributed by atoms with Gasteiger partial charge in [-0.15, -0.1) is 0 Å². The zero-order chi connectivity index (χ0) is 20.8. The van der Waals surface area contributed by atoms with Crippen molar-refractivity contribution in [3.05, 3.63) is 35.4 Å². The first-order chi connectivity index (χ1) is 14.1. The first-order valence-electron chi connectivity index (χ1n) is 10.1. The molecule has 0 radical (unpaired) electrons. The number of fused-ring (bicyclic) bond motifs is 1. The van der Waals surface area contributed by atoms with E-state index in [1.54, 1.807) is 6.07 Å². The summed E-state index contributed by atoms with van der Waals surface area (Å²) in [6.07, 6.45) is 4.03. The number of nitrogens with one attached hydrogen (secondary N) is 2. The van der Waals surface area contributed by atoms with E-state index in [0.717, 1.165) is 37.1 Å². The Kier molecular flexibility index (Phi) is 6.69. The second-order valence-corrected chi connectivity index (χ2v) is 7.03. The monoisotopic (exact) mass is 400 g/mol. The maximum atomic E-state index is 11.0. The lowest BCUT2D eigenvalue weighted by molar-refractivity contribution is 0.112. The summed E-state index contributed by atoms with van der Waals surface area (Å²) in [4.78, 5) is 11.0. The number of carbonyl (C=O) groups excluding carboxylic acids is 1. The Morgan fingerprint density at radius 1 is 0.931 bits per heavy atom. The molecular formula is C22H28N2O5. The molecule has 0 atom stereocenters. The van der Waals surface area contributed by atoms with E-state index in [0.29, 0.717) is 36.6 Å². The highest BCUT2D eigenvalue weighted by Crippen LogP contribution is 2.45. The number of benzene rings is 2. The number of ether oxygens (including phenoxy) is 2. The third kappa shape index (κ3) is 4.50. The van der Waals surface area contributed by atoms with Crippen molar-refractivity contribution in [2.45, 2.75) is 45.7 Å². The fourth-order valence-electron chi connectivity index (χ4n) is 3.12. The van der Waals surface area contributed by atoms with Gasteiger partial charge in [0.15, 0.2) is 29.3 Å². The molecule has 0 fully saturated rings. The molecule has 1 aliphatic rings. The van der Waals surface area contributed by atoms with Gasteiger partial charge in [0.1, 0.15) is 6.17 Å². The summed E-state index contributed by atoms with van der Waals surface area (Å²) in [5.74, 6) is 0.591. The van der Waals surface area contributed by atoms with Gasteiger partial charge in [-0.05, 0) is 18.9 Å². The van der Waals surface area contributed by atoms with E-state index in [4.69, 9.17) is 9.47 Å². The Labute approximate surface area is 170 Å². The minimum Gasteiger partial charge on any atom is -0.504 e. The number of aldehydes is 1. The van der Waals surface area contributed by atoms with Crippen LogP contribution in [-0.2, 0) is 0 Å². The van der Waals surface area contributed by atoms with E-state index in [2.05, 4.69) is 24.5 Å². The Hall–Kier alpha value is -3.09. The van der Waals surface area contributed by atoms with E-state index in [1.807, 2.05) is 12.1 Å². The lowest BCUT2D eigenvalue weighted by Crippen LogP contribution is -2.12. The number of rotatable bonds is 10. The average Bonchev–Trinajstić information content (AvgIpc) is 3.12. The Morgan fingerprint density at radius 2 is 1.48 bits per heavy atom. The van der Waals surface area contributed by atoms with Crippen molar-refractivity contribution in [3.63, 3.8) is 0 Å². The molecule has 7 nitrogen and oxygen atoms in total. The Balaban J connectivity index is 1.85. The summed E-state index contributed by atoms with van der Waals surface area (Å²) in [5.41, 5.74) is 2.09. The summed E-state index contributed by atoms with van der Waals surface area (Å²) in [5, 5.41) is 26.9. The van der Waals surface area contributed by atoms with Crippen LogP contribution >= 0.6 is 0 Å².